The van der Waals surface area contributed by atoms with Crippen molar-refractivity contribution in [3.8, 4) is 5.75 Å². The maximum atomic E-state index is 11.7. The summed E-state index contributed by atoms with van der Waals surface area (Å²) in [7, 11) is 0. The largest absolute Gasteiger partial charge is 0.507 e. The molecule has 31 heavy (non-hydrogen) atoms. The number of phenolic OH excluding ortho intramolecular Hbond substituents is 1. The number of carbonyl (C=O) groups excluding carboxylic acids is 2. The van der Waals surface area contributed by atoms with Crippen LogP contribution in [0.2, 0.25) is 0 Å². The number of carbonyl (C=O) groups is 3. The number of phenols is 1. The van der Waals surface area contributed by atoms with Gasteiger partial charge in [0.05, 0.1) is 11.1 Å². The molecule has 1 atom stereocenters. The van der Waals surface area contributed by atoms with Crippen LogP contribution in [0.5, 0.6) is 5.75 Å². The van der Waals surface area contributed by atoms with Gasteiger partial charge in [0.2, 0.25) is 0 Å². The minimum Gasteiger partial charge on any atom is -0.507 e. The number of rotatable bonds is 7. The summed E-state index contributed by atoms with van der Waals surface area (Å²) >= 11 is 0. The zero-order valence-corrected chi connectivity index (χ0v) is 16.6. The van der Waals surface area contributed by atoms with E-state index < -0.39 is 18.0 Å². The molecule has 3 aromatic rings. The highest BCUT2D eigenvalue weighted by Gasteiger charge is 2.11. The Bertz CT molecular complexity index is 1010. The smallest absolute Gasteiger partial charge is 0.338 e. The maximum Gasteiger partial charge on any atom is 0.338 e. The van der Waals surface area contributed by atoms with Crippen LogP contribution in [0.4, 0.5) is 0 Å². The van der Waals surface area contributed by atoms with Crippen LogP contribution in [-0.4, -0.2) is 34.5 Å². The Balaban J connectivity index is 0.000000245. The van der Waals surface area contributed by atoms with Crippen LogP contribution in [0, 0.1) is 6.07 Å². The quantitative estimate of drug-likeness (QED) is 0.396. The van der Waals surface area contributed by atoms with Gasteiger partial charge < -0.3 is 20.7 Å². The highest BCUT2D eigenvalue weighted by Crippen LogP contribution is 2.17. The first-order chi connectivity index (χ1) is 14.9. The summed E-state index contributed by atoms with van der Waals surface area (Å²) in [6.07, 6.45) is 0.934. The second-order valence-corrected chi connectivity index (χ2v) is 6.51. The number of aliphatic carboxylic acids is 1. The molecule has 0 saturated carbocycles. The van der Waals surface area contributed by atoms with Crippen molar-refractivity contribution in [2.45, 2.75) is 19.1 Å². The van der Waals surface area contributed by atoms with Crippen LogP contribution in [0.15, 0.2) is 72.8 Å². The number of carboxylic acids is 1. The first-order valence-corrected chi connectivity index (χ1v) is 9.33. The number of nitrogens with two attached hydrogens (primary N) is 1. The predicted molar refractivity (Wildman–Crippen MR) is 114 cm³/mol. The minimum atomic E-state index is -0.959. The molecule has 7 heteroatoms. The van der Waals surface area contributed by atoms with Gasteiger partial charge in [0.1, 0.15) is 18.4 Å². The van der Waals surface area contributed by atoms with Crippen molar-refractivity contribution in [3.63, 3.8) is 0 Å². The Morgan fingerprint density at radius 1 is 1.03 bits per heavy atom. The number of benzene rings is 3. The van der Waals surface area contributed by atoms with Crippen LogP contribution >= 0.6 is 0 Å². The molecule has 4 N–H and O–H groups in total. The Labute approximate surface area is 179 Å². The van der Waals surface area contributed by atoms with E-state index in [4.69, 9.17) is 15.6 Å². The number of esters is 1. The van der Waals surface area contributed by atoms with E-state index in [0.717, 1.165) is 5.56 Å². The first kappa shape index (κ1) is 23.3. The fourth-order valence-corrected chi connectivity index (χ4v) is 2.50. The lowest BCUT2D eigenvalue weighted by Gasteiger charge is -2.06. The first-order valence-electron chi connectivity index (χ1n) is 9.33. The van der Waals surface area contributed by atoms with E-state index in [1.54, 1.807) is 30.3 Å². The van der Waals surface area contributed by atoms with Crippen molar-refractivity contribution in [3.05, 3.63) is 101 Å². The minimum absolute atomic E-state index is 0.0402. The van der Waals surface area contributed by atoms with E-state index in [2.05, 4.69) is 6.07 Å². The normalized spacial score (nSPS) is 10.9. The van der Waals surface area contributed by atoms with Crippen LogP contribution in [0.1, 0.15) is 31.8 Å². The monoisotopic (exact) mass is 420 g/mol. The van der Waals surface area contributed by atoms with Gasteiger partial charge in [-0.05, 0) is 47.9 Å². The third-order valence-corrected chi connectivity index (χ3v) is 4.16. The van der Waals surface area contributed by atoms with Crippen LogP contribution in [-0.2, 0) is 22.6 Å². The molecular weight excluding hydrogens is 398 g/mol. The summed E-state index contributed by atoms with van der Waals surface area (Å²) in [5.74, 6) is -1.50. The van der Waals surface area contributed by atoms with Crippen molar-refractivity contribution in [2.75, 3.05) is 0 Å². The van der Waals surface area contributed by atoms with Crippen molar-refractivity contribution < 1.29 is 29.3 Å². The number of aldehydes is 1. The molecule has 0 unspecified atom stereocenters. The lowest BCUT2D eigenvalue weighted by Crippen LogP contribution is -2.32. The van der Waals surface area contributed by atoms with E-state index >= 15 is 0 Å². The van der Waals surface area contributed by atoms with Gasteiger partial charge in [-0.2, -0.15) is 0 Å². The van der Waals surface area contributed by atoms with Gasteiger partial charge in [0.15, 0.2) is 6.29 Å². The van der Waals surface area contributed by atoms with Crippen molar-refractivity contribution in [1.29, 1.82) is 0 Å². The predicted octanol–water partition coefficient (Wildman–Crippen LogP) is 3.00. The van der Waals surface area contributed by atoms with Crippen molar-refractivity contribution >= 4 is 18.2 Å². The zero-order chi connectivity index (χ0) is 22.6. The Morgan fingerprint density at radius 2 is 1.71 bits per heavy atom. The molecule has 159 valence electrons. The fraction of sp³-hybridized carbons (Fsp3) is 0.125. The molecule has 7 nitrogen and oxygen atoms in total. The second kappa shape index (κ2) is 11.9. The van der Waals surface area contributed by atoms with Gasteiger partial charge >= 0.3 is 11.9 Å². The van der Waals surface area contributed by atoms with E-state index in [1.807, 2.05) is 30.3 Å². The number of aromatic hydroxyl groups is 1. The molecule has 1 radical (unpaired) electrons. The SMILES string of the molecule is N[C@@H](Cc1ccccc1)C(=O)O.O=Cc1cc(COC(=O)c2cc[c]cc2)ccc1O. The van der Waals surface area contributed by atoms with E-state index in [0.29, 0.717) is 23.8 Å². The summed E-state index contributed by atoms with van der Waals surface area (Å²) in [5.41, 5.74) is 7.54. The molecule has 0 aromatic heterocycles. The van der Waals surface area contributed by atoms with Gasteiger partial charge in [0.25, 0.3) is 0 Å². The number of hydrogen-bond acceptors (Lipinski definition) is 6. The highest BCUT2D eigenvalue weighted by atomic mass is 16.5. The molecular formula is C24H22NO6. The van der Waals surface area contributed by atoms with Gasteiger partial charge in [0, 0.05) is 0 Å². The molecule has 0 spiro atoms. The average molecular weight is 420 g/mol. The Kier molecular flexibility index (Phi) is 8.94. The van der Waals surface area contributed by atoms with Gasteiger partial charge in [-0.15, -0.1) is 0 Å². The highest BCUT2D eigenvalue weighted by molar-refractivity contribution is 5.89. The molecule has 0 amide bonds. The van der Waals surface area contributed by atoms with E-state index in [-0.39, 0.29) is 17.9 Å². The van der Waals surface area contributed by atoms with Crippen LogP contribution < -0.4 is 5.73 Å². The molecule has 0 heterocycles. The summed E-state index contributed by atoms with van der Waals surface area (Å²) in [5, 5.41) is 17.9. The number of hydrogen-bond donors (Lipinski definition) is 3. The number of carboxylic acid groups (broad SMARTS) is 1. The van der Waals surface area contributed by atoms with Crippen molar-refractivity contribution in [1.82, 2.24) is 0 Å². The van der Waals surface area contributed by atoms with Gasteiger partial charge in [-0.3, -0.25) is 9.59 Å². The fourth-order valence-electron chi connectivity index (χ4n) is 2.50. The molecule has 0 aliphatic rings. The van der Waals surface area contributed by atoms with Crippen LogP contribution in [0.3, 0.4) is 0 Å². The molecule has 0 fully saturated rings. The third-order valence-electron chi connectivity index (χ3n) is 4.16. The maximum absolute atomic E-state index is 11.7. The van der Waals surface area contributed by atoms with E-state index in [9.17, 15) is 19.5 Å². The average Bonchev–Trinajstić information content (AvgIpc) is 2.80. The molecule has 0 saturated heterocycles. The summed E-state index contributed by atoms with van der Waals surface area (Å²) < 4.78 is 5.10. The molecule has 0 bridgehead atoms. The lowest BCUT2D eigenvalue weighted by molar-refractivity contribution is -0.138. The van der Waals surface area contributed by atoms with Crippen molar-refractivity contribution in [2.24, 2.45) is 5.73 Å². The lowest BCUT2D eigenvalue weighted by atomic mass is 10.1. The van der Waals surface area contributed by atoms with E-state index in [1.165, 1.54) is 12.1 Å². The second-order valence-electron chi connectivity index (χ2n) is 6.51. The van der Waals surface area contributed by atoms with Crippen LogP contribution in [0.25, 0.3) is 0 Å². The topological polar surface area (TPSA) is 127 Å². The summed E-state index contributed by atoms with van der Waals surface area (Å²) in [4.78, 5) is 32.7. The third kappa shape index (κ3) is 7.75. The molecule has 0 aliphatic heterocycles. The zero-order valence-electron chi connectivity index (χ0n) is 16.6. The summed E-state index contributed by atoms with van der Waals surface area (Å²) in [6, 6.07) is 22.3. The standard InChI is InChI=1S/C15H11O4.C9H11NO2/c16-9-13-8-11(6-7-14(13)17)10-19-15(18)12-4-2-1-3-5-12;10-8(9(11)12)6-7-4-2-1-3-5-7/h2-9,17H,10H2;1-5,8H,6,10H2,(H,11,12)/t;8-/m.0/s1. The van der Waals surface area contributed by atoms with Gasteiger partial charge in [-0.25, -0.2) is 4.79 Å². The molecule has 0 aliphatic carbocycles. The molecule has 3 rings (SSSR count). The van der Waals surface area contributed by atoms with Gasteiger partial charge in [-0.1, -0.05) is 48.5 Å². The molecule has 3 aromatic carbocycles. The number of ether oxygens (including phenoxy) is 1. The Hall–Kier alpha value is -3.97. The Morgan fingerprint density at radius 3 is 2.32 bits per heavy atom. The summed E-state index contributed by atoms with van der Waals surface area (Å²) in [6.45, 7) is 0.0402.